The molecule has 154 valence electrons. The van der Waals surface area contributed by atoms with Crippen molar-refractivity contribution in [2.75, 3.05) is 53.2 Å². The number of rotatable bonds is 10. The quantitative estimate of drug-likeness (QED) is 0.228. The lowest BCUT2D eigenvalue weighted by Gasteiger charge is -2.13. The summed E-state index contributed by atoms with van der Waals surface area (Å²) in [5.41, 5.74) is 2.43. The Morgan fingerprint density at radius 3 is 2.56 bits per heavy atom. The number of guanidine groups is 1. The molecule has 1 aromatic carbocycles. The molecule has 2 rings (SSSR count). The monoisotopic (exact) mass is 491 g/mol. The Bertz CT molecular complexity index is 543. The van der Waals surface area contributed by atoms with Crippen LogP contribution in [-0.2, 0) is 9.47 Å². The molecule has 0 aliphatic carbocycles. The molecule has 0 radical (unpaired) electrons. The van der Waals surface area contributed by atoms with Gasteiger partial charge in [-0.05, 0) is 49.9 Å². The topological polar surface area (TPSA) is 64.1 Å². The van der Waals surface area contributed by atoms with Gasteiger partial charge in [-0.2, -0.15) is 0 Å². The molecule has 1 heterocycles. The Kier molecular flexibility index (Phi) is 12.4. The van der Waals surface area contributed by atoms with Crippen LogP contribution in [0, 0.1) is 19.8 Å². The summed E-state index contributed by atoms with van der Waals surface area (Å²) in [5.74, 6) is 2.28. The van der Waals surface area contributed by atoms with Crippen molar-refractivity contribution in [1.29, 1.82) is 0 Å². The second-order valence-electron chi connectivity index (χ2n) is 6.76. The second-order valence-corrected chi connectivity index (χ2v) is 6.76. The van der Waals surface area contributed by atoms with Gasteiger partial charge in [0.15, 0.2) is 5.96 Å². The van der Waals surface area contributed by atoms with Crippen LogP contribution in [0.2, 0.25) is 0 Å². The van der Waals surface area contributed by atoms with Gasteiger partial charge in [-0.1, -0.05) is 6.07 Å². The first-order chi connectivity index (χ1) is 12.7. The third-order valence-electron chi connectivity index (χ3n) is 4.22. The van der Waals surface area contributed by atoms with E-state index in [1.807, 2.05) is 0 Å². The van der Waals surface area contributed by atoms with E-state index < -0.39 is 0 Å². The first-order valence-electron chi connectivity index (χ1n) is 9.48. The van der Waals surface area contributed by atoms with Crippen molar-refractivity contribution in [3.63, 3.8) is 0 Å². The lowest BCUT2D eigenvalue weighted by Crippen LogP contribution is -2.39. The fourth-order valence-corrected chi connectivity index (χ4v) is 2.92. The predicted molar refractivity (Wildman–Crippen MR) is 121 cm³/mol. The fraction of sp³-hybridized carbons (Fsp3) is 0.650. The minimum absolute atomic E-state index is 0. The molecular formula is C20H34IN3O3. The highest BCUT2D eigenvalue weighted by Crippen LogP contribution is 2.15. The van der Waals surface area contributed by atoms with Gasteiger partial charge in [0.2, 0.25) is 0 Å². The highest BCUT2D eigenvalue weighted by molar-refractivity contribution is 14.0. The Morgan fingerprint density at radius 1 is 1.15 bits per heavy atom. The van der Waals surface area contributed by atoms with Gasteiger partial charge in [-0.15, -0.1) is 24.0 Å². The molecule has 0 bridgehead atoms. The Labute approximate surface area is 180 Å². The van der Waals surface area contributed by atoms with E-state index >= 15 is 0 Å². The van der Waals surface area contributed by atoms with Crippen molar-refractivity contribution in [3.8, 4) is 5.75 Å². The van der Waals surface area contributed by atoms with Gasteiger partial charge in [0.1, 0.15) is 12.4 Å². The molecule has 1 saturated heterocycles. The molecule has 2 N–H and O–H groups in total. The molecule has 0 aromatic heterocycles. The molecule has 7 heteroatoms. The number of nitrogens with one attached hydrogen (secondary N) is 2. The van der Waals surface area contributed by atoms with Crippen LogP contribution in [0.5, 0.6) is 5.75 Å². The van der Waals surface area contributed by atoms with Crippen LogP contribution in [0.3, 0.4) is 0 Å². The highest BCUT2D eigenvalue weighted by Gasteiger charge is 2.15. The Morgan fingerprint density at radius 2 is 1.89 bits per heavy atom. The van der Waals surface area contributed by atoms with Gasteiger partial charge in [0.05, 0.1) is 19.8 Å². The summed E-state index contributed by atoms with van der Waals surface area (Å²) in [6.07, 6.45) is 2.08. The van der Waals surface area contributed by atoms with Crippen molar-refractivity contribution in [3.05, 3.63) is 29.3 Å². The third-order valence-corrected chi connectivity index (χ3v) is 4.22. The highest BCUT2D eigenvalue weighted by atomic mass is 127. The Balaban J connectivity index is 0.00000364. The van der Waals surface area contributed by atoms with E-state index in [0.717, 1.165) is 57.5 Å². The first-order valence-corrected chi connectivity index (χ1v) is 9.48. The van der Waals surface area contributed by atoms with E-state index in [1.54, 1.807) is 7.05 Å². The lowest BCUT2D eigenvalue weighted by atomic mass is 10.1. The number of hydrogen-bond donors (Lipinski definition) is 2. The summed E-state index contributed by atoms with van der Waals surface area (Å²) in [4.78, 5) is 4.22. The van der Waals surface area contributed by atoms with Crippen LogP contribution in [-0.4, -0.2) is 59.1 Å². The second kappa shape index (κ2) is 14.0. The average Bonchev–Trinajstić information content (AvgIpc) is 3.12. The molecule has 1 aromatic rings. The SMILES string of the molecule is CN=C(NCCCOCC1CCOC1)NCCOc1cc(C)cc(C)c1.I. The first kappa shape index (κ1) is 24.0. The van der Waals surface area contributed by atoms with Crippen molar-refractivity contribution in [2.24, 2.45) is 10.9 Å². The molecule has 0 spiro atoms. The average molecular weight is 491 g/mol. The maximum absolute atomic E-state index is 5.79. The van der Waals surface area contributed by atoms with Gasteiger partial charge < -0.3 is 24.8 Å². The van der Waals surface area contributed by atoms with E-state index in [4.69, 9.17) is 14.2 Å². The minimum atomic E-state index is 0. The summed E-state index contributed by atoms with van der Waals surface area (Å²) in [6.45, 7) is 9.58. The van der Waals surface area contributed by atoms with E-state index in [1.165, 1.54) is 11.1 Å². The number of halogens is 1. The smallest absolute Gasteiger partial charge is 0.191 e. The van der Waals surface area contributed by atoms with Crippen LogP contribution < -0.4 is 15.4 Å². The van der Waals surface area contributed by atoms with Crippen LogP contribution in [0.4, 0.5) is 0 Å². The van der Waals surface area contributed by atoms with Crippen molar-refractivity contribution in [2.45, 2.75) is 26.7 Å². The number of ether oxygens (including phenoxy) is 3. The molecule has 6 nitrogen and oxygen atoms in total. The van der Waals surface area contributed by atoms with E-state index in [-0.39, 0.29) is 24.0 Å². The minimum Gasteiger partial charge on any atom is -0.492 e. The van der Waals surface area contributed by atoms with E-state index in [0.29, 0.717) is 19.1 Å². The standard InChI is InChI=1S/C20H33N3O3.HI/c1-16-11-17(2)13-19(12-16)26-10-7-23-20(21-3)22-6-4-8-24-14-18-5-9-25-15-18;/h11-13,18H,4-10,14-15H2,1-3H3,(H2,21,22,23);1H. The molecule has 0 saturated carbocycles. The summed E-state index contributed by atoms with van der Waals surface area (Å²) in [7, 11) is 1.77. The predicted octanol–water partition coefficient (Wildman–Crippen LogP) is 2.91. The van der Waals surface area contributed by atoms with Crippen molar-refractivity contribution >= 4 is 29.9 Å². The number of benzene rings is 1. The van der Waals surface area contributed by atoms with Gasteiger partial charge in [-0.25, -0.2) is 0 Å². The summed E-state index contributed by atoms with van der Waals surface area (Å²) >= 11 is 0. The number of aryl methyl sites for hydroxylation is 2. The number of aliphatic imine (C=N–C) groups is 1. The molecule has 27 heavy (non-hydrogen) atoms. The van der Waals surface area contributed by atoms with Crippen LogP contribution >= 0.6 is 24.0 Å². The fourth-order valence-electron chi connectivity index (χ4n) is 2.92. The van der Waals surface area contributed by atoms with Gasteiger partial charge >= 0.3 is 0 Å². The molecule has 1 fully saturated rings. The maximum atomic E-state index is 5.79. The maximum Gasteiger partial charge on any atom is 0.191 e. The zero-order valence-corrected chi connectivity index (χ0v) is 19.1. The van der Waals surface area contributed by atoms with Crippen LogP contribution in [0.1, 0.15) is 24.0 Å². The molecule has 1 unspecified atom stereocenters. The van der Waals surface area contributed by atoms with Crippen LogP contribution in [0.25, 0.3) is 0 Å². The summed E-state index contributed by atoms with van der Waals surface area (Å²) in [5, 5.41) is 6.55. The van der Waals surface area contributed by atoms with Gasteiger partial charge in [0.25, 0.3) is 0 Å². The molecule has 1 atom stereocenters. The molecule has 1 aliphatic heterocycles. The normalized spacial score (nSPS) is 16.7. The number of hydrogen-bond acceptors (Lipinski definition) is 4. The van der Waals surface area contributed by atoms with E-state index in [9.17, 15) is 0 Å². The van der Waals surface area contributed by atoms with E-state index in [2.05, 4.69) is 47.7 Å². The van der Waals surface area contributed by atoms with Gasteiger partial charge in [-0.3, -0.25) is 4.99 Å². The zero-order valence-electron chi connectivity index (χ0n) is 16.8. The lowest BCUT2D eigenvalue weighted by molar-refractivity contribution is 0.0888. The molecule has 0 amide bonds. The number of nitrogens with zero attached hydrogens (tertiary/aromatic N) is 1. The van der Waals surface area contributed by atoms with Crippen LogP contribution in [0.15, 0.2) is 23.2 Å². The molecule has 1 aliphatic rings. The Hall–Kier alpha value is -1.06. The summed E-state index contributed by atoms with van der Waals surface area (Å²) < 4.78 is 16.8. The van der Waals surface area contributed by atoms with Gasteiger partial charge in [0, 0.05) is 32.7 Å². The van der Waals surface area contributed by atoms with Crippen molar-refractivity contribution < 1.29 is 14.2 Å². The molecular weight excluding hydrogens is 457 g/mol. The summed E-state index contributed by atoms with van der Waals surface area (Å²) in [6, 6.07) is 6.25. The zero-order chi connectivity index (χ0) is 18.6. The third kappa shape index (κ3) is 10.2. The van der Waals surface area contributed by atoms with Crippen molar-refractivity contribution in [1.82, 2.24) is 10.6 Å². The largest absolute Gasteiger partial charge is 0.492 e.